The van der Waals surface area contributed by atoms with Crippen molar-refractivity contribution in [3.05, 3.63) is 29.8 Å². The number of benzene rings is 1. The van der Waals surface area contributed by atoms with Crippen molar-refractivity contribution >= 4 is 17.5 Å². The molecule has 0 bridgehead atoms. The van der Waals surface area contributed by atoms with Gasteiger partial charge < -0.3 is 15.7 Å². The zero-order valence-corrected chi connectivity index (χ0v) is 12.0. The highest BCUT2D eigenvalue weighted by Gasteiger charge is 2.06. The Hall–Kier alpha value is -1.88. The number of carbonyl (C=O) groups is 2. The van der Waals surface area contributed by atoms with Crippen molar-refractivity contribution in [1.82, 2.24) is 5.32 Å². The smallest absolute Gasteiger partial charge is 0.224 e. The first-order valence-corrected chi connectivity index (χ1v) is 6.84. The van der Waals surface area contributed by atoms with Gasteiger partial charge in [0.1, 0.15) is 0 Å². The number of amides is 2. The van der Waals surface area contributed by atoms with Gasteiger partial charge in [0.05, 0.1) is 12.5 Å². The molecule has 0 saturated carbocycles. The van der Waals surface area contributed by atoms with E-state index in [1.807, 2.05) is 19.1 Å². The molecule has 0 aromatic heterocycles. The standard InChI is InChI=1S/C15H22N2O3/c1-3-16-15(20)10-12-5-7-13(8-6-12)17-14(19)9-4-11(2)18/h5-8,11,18H,3-4,9-10H2,1-2H3,(H,16,20)(H,17,19). The number of hydrogen-bond donors (Lipinski definition) is 3. The van der Waals surface area contributed by atoms with Gasteiger partial charge in [-0.1, -0.05) is 12.1 Å². The van der Waals surface area contributed by atoms with Crippen LogP contribution < -0.4 is 10.6 Å². The number of likely N-dealkylation sites (N-methyl/N-ethyl adjacent to an activating group) is 1. The lowest BCUT2D eigenvalue weighted by Crippen LogP contribution is -2.24. The second kappa shape index (κ2) is 8.32. The molecular weight excluding hydrogens is 256 g/mol. The first-order chi connectivity index (χ1) is 9.51. The van der Waals surface area contributed by atoms with Crippen LogP contribution in [-0.4, -0.2) is 29.6 Å². The number of anilines is 1. The molecule has 2 amide bonds. The Bertz CT molecular complexity index is 441. The van der Waals surface area contributed by atoms with Crippen molar-refractivity contribution in [1.29, 1.82) is 0 Å². The van der Waals surface area contributed by atoms with Crippen LogP contribution in [0.1, 0.15) is 32.3 Å². The summed E-state index contributed by atoms with van der Waals surface area (Å²) in [5, 5.41) is 14.6. The Labute approximate surface area is 119 Å². The van der Waals surface area contributed by atoms with E-state index < -0.39 is 6.10 Å². The lowest BCUT2D eigenvalue weighted by molar-refractivity contribution is -0.120. The minimum absolute atomic E-state index is 0.0128. The van der Waals surface area contributed by atoms with Gasteiger partial charge in [0.25, 0.3) is 0 Å². The van der Waals surface area contributed by atoms with Crippen LogP contribution >= 0.6 is 0 Å². The summed E-state index contributed by atoms with van der Waals surface area (Å²) in [5.41, 5.74) is 1.60. The van der Waals surface area contributed by atoms with Gasteiger partial charge in [-0.25, -0.2) is 0 Å². The fourth-order valence-electron chi connectivity index (χ4n) is 1.71. The third kappa shape index (κ3) is 6.33. The van der Waals surface area contributed by atoms with Crippen LogP contribution in [0.2, 0.25) is 0 Å². The van der Waals surface area contributed by atoms with Crippen molar-refractivity contribution in [3.8, 4) is 0 Å². The van der Waals surface area contributed by atoms with Crippen molar-refractivity contribution in [2.75, 3.05) is 11.9 Å². The number of nitrogens with one attached hydrogen (secondary N) is 2. The van der Waals surface area contributed by atoms with Gasteiger partial charge in [0.2, 0.25) is 11.8 Å². The molecule has 5 nitrogen and oxygen atoms in total. The predicted molar refractivity (Wildman–Crippen MR) is 78.4 cm³/mol. The minimum atomic E-state index is -0.472. The van der Waals surface area contributed by atoms with E-state index >= 15 is 0 Å². The van der Waals surface area contributed by atoms with Gasteiger partial charge >= 0.3 is 0 Å². The third-order valence-electron chi connectivity index (χ3n) is 2.77. The summed E-state index contributed by atoms with van der Waals surface area (Å²) >= 11 is 0. The van der Waals surface area contributed by atoms with Gasteiger partial charge in [0.15, 0.2) is 0 Å². The quantitative estimate of drug-likeness (QED) is 0.706. The molecule has 0 saturated heterocycles. The lowest BCUT2D eigenvalue weighted by atomic mass is 10.1. The molecule has 20 heavy (non-hydrogen) atoms. The third-order valence-corrected chi connectivity index (χ3v) is 2.77. The summed E-state index contributed by atoms with van der Waals surface area (Å²) < 4.78 is 0. The van der Waals surface area contributed by atoms with E-state index in [1.165, 1.54) is 0 Å². The highest BCUT2D eigenvalue weighted by molar-refractivity contribution is 5.90. The Balaban J connectivity index is 2.46. The van der Waals surface area contributed by atoms with E-state index in [4.69, 9.17) is 5.11 Å². The molecule has 1 aromatic carbocycles. The zero-order valence-electron chi connectivity index (χ0n) is 12.0. The Kier molecular flexibility index (Phi) is 6.73. The zero-order chi connectivity index (χ0) is 15.0. The molecule has 0 radical (unpaired) electrons. The number of rotatable bonds is 7. The normalized spacial score (nSPS) is 11.8. The van der Waals surface area contributed by atoms with E-state index in [0.717, 1.165) is 5.56 Å². The summed E-state index contributed by atoms with van der Waals surface area (Å²) in [5.74, 6) is -0.136. The number of hydrogen-bond acceptors (Lipinski definition) is 3. The molecule has 0 aliphatic heterocycles. The number of carbonyl (C=O) groups excluding carboxylic acids is 2. The average molecular weight is 278 g/mol. The molecule has 0 spiro atoms. The van der Waals surface area contributed by atoms with Crippen LogP contribution in [0.4, 0.5) is 5.69 Å². The minimum Gasteiger partial charge on any atom is -0.393 e. The summed E-state index contributed by atoms with van der Waals surface area (Å²) in [6, 6.07) is 7.18. The molecule has 1 aromatic rings. The van der Waals surface area contributed by atoms with Crippen molar-refractivity contribution < 1.29 is 14.7 Å². The van der Waals surface area contributed by atoms with E-state index in [1.54, 1.807) is 19.1 Å². The van der Waals surface area contributed by atoms with E-state index in [2.05, 4.69) is 10.6 Å². The monoisotopic (exact) mass is 278 g/mol. The van der Waals surface area contributed by atoms with Crippen molar-refractivity contribution in [2.45, 2.75) is 39.2 Å². The molecule has 1 atom stereocenters. The Morgan fingerprint density at radius 3 is 2.40 bits per heavy atom. The first kappa shape index (κ1) is 16.2. The molecule has 3 N–H and O–H groups in total. The second-order valence-corrected chi connectivity index (χ2v) is 4.76. The summed E-state index contributed by atoms with van der Waals surface area (Å²) in [6.45, 7) is 4.16. The largest absolute Gasteiger partial charge is 0.393 e. The average Bonchev–Trinajstić information content (AvgIpc) is 2.39. The molecule has 0 heterocycles. The molecule has 5 heteroatoms. The van der Waals surface area contributed by atoms with Crippen molar-refractivity contribution in [3.63, 3.8) is 0 Å². The molecule has 1 unspecified atom stereocenters. The van der Waals surface area contributed by atoms with Crippen molar-refractivity contribution in [2.24, 2.45) is 0 Å². The number of aliphatic hydroxyl groups is 1. The van der Waals surface area contributed by atoms with Gasteiger partial charge in [-0.05, 0) is 38.0 Å². The van der Waals surface area contributed by atoms with Gasteiger partial charge in [-0.3, -0.25) is 9.59 Å². The van der Waals surface area contributed by atoms with Crippen LogP contribution in [0.15, 0.2) is 24.3 Å². The predicted octanol–water partition coefficient (Wildman–Crippen LogP) is 1.46. The molecular formula is C15H22N2O3. The summed E-state index contributed by atoms with van der Waals surface area (Å²) in [7, 11) is 0. The summed E-state index contributed by atoms with van der Waals surface area (Å²) in [6.07, 6.45) is 0.601. The molecule has 0 fully saturated rings. The molecule has 0 aliphatic carbocycles. The van der Waals surface area contributed by atoms with Crippen LogP contribution in [0.25, 0.3) is 0 Å². The van der Waals surface area contributed by atoms with Gasteiger partial charge in [-0.15, -0.1) is 0 Å². The topological polar surface area (TPSA) is 78.4 Å². The van der Waals surface area contributed by atoms with E-state index in [9.17, 15) is 9.59 Å². The fourth-order valence-corrected chi connectivity index (χ4v) is 1.71. The molecule has 0 aliphatic rings. The van der Waals surface area contributed by atoms with E-state index in [-0.39, 0.29) is 11.8 Å². The second-order valence-electron chi connectivity index (χ2n) is 4.76. The Morgan fingerprint density at radius 1 is 1.20 bits per heavy atom. The maximum atomic E-state index is 11.6. The lowest BCUT2D eigenvalue weighted by Gasteiger charge is -2.07. The summed E-state index contributed by atoms with van der Waals surface area (Å²) in [4.78, 5) is 23.0. The highest BCUT2D eigenvalue weighted by atomic mass is 16.3. The molecule has 1 rings (SSSR count). The SMILES string of the molecule is CCNC(=O)Cc1ccc(NC(=O)CCC(C)O)cc1. The van der Waals surface area contributed by atoms with Crippen LogP contribution in [-0.2, 0) is 16.0 Å². The van der Waals surface area contributed by atoms with Gasteiger partial charge in [-0.2, -0.15) is 0 Å². The van der Waals surface area contributed by atoms with Gasteiger partial charge in [0, 0.05) is 18.7 Å². The van der Waals surface area contributed by atoms with Crippen LogP contribution in [0.3, 0.4) is 0 Å². The van der Waals surface area contributed by atoms with Crippen LogP contribution in [0.5, 0.6) is 0 Å². The fraction of sp³-hybridized carbons (Fsp3) is 0.467. The number of aliphatic hydroxyl groups excluding tert-OH is 1. The maximum absolute atomic E-state index is 11.6. The first-order valence-electron chi connectivity index (χ1n) is 6.84. The maximum Gasteiger partial charge on any atom is 0.224 e. The van der Waals surface area contributed by atoms with E-state index in [0.29, 0.717) is 31.5 Å². The van der Waals surface area contributed by atoms with Crippen LogP contribution in [0, 0.1) is 0 Å². The molecule has 110 valence electrons. The highest BCUT2D eigenvalue weighted by Crippen LogP contribution is 2.11. The Morgan fingerprint density at radius 2 is 1.85 bits per heavy atom.